The average molecular weight is 274 g/mol. The van der Waals surface area contributed by atoms with Crippen molar-refractivity contribution < 1.29 is 14.1 Å². The number of carbonyl (C=O) groups excluding carboxylic acids is 1. The molecule has 5 heteroatoms. The van der Waals surface area contributed by atoms with Gasteiger partial charge in [-0.2, -0.15) is 4.98 Å². The number of carbonyl (C=O) groups is 1. The van der Waals surface area contributed by atoms with Gasteiger partial charge in [0.05, 0.1) is 0 Å². The molecule has 1 heterocycles. The predicted octanol–water partition coefficient (Wildman–Crippen LogP) is 2.73. The Labute approximate surface area is 118 Å². The summed E-state index contributed by atoms with van der Waals surface area (Å²) in [5.74, 6) is 2.05. The van der Waals surface area contributed by atoms with Crippen molar-refractivity contribution in [3.05, 3.63) is 41.5 Å². The molecule has 20 heavy (non-hydrogen) atoms. The quantitative estimate of drug-likeness (QED) is 0.776. The summed E-state index contributed by atoms with van der Waals surface area (Å²) in [4.78, 5) is 15.2. The number of benzene rings is 1. The van der Waals surface area contributed by atoms with Gasteiger partial charge >= 0.3 is 0 Å². The molecule has 0 atom stereocenters. The zero-order valence-electron chi connectivity index (χ0n) is 11.8. The van der Waals surface area contributed by atoms with Gasteiger partial charge in [0, 0.05) is 12.8 Å². The highest BCUT2D eigenvalue weighted by atomic mass is 16.5. The largest absolute Gasteiger partial charge is 0.484 e. The summed E-state index contributed by atoms with van der Waals surface area (Å²) in [6.07, 6.45) is 2.24. The molecule has 0 radical (unpaired) electrons. The summed E-state index contributed by atoms with van der Waals surface area (Å²) in [7, 11) is 0. The second-order valence-electron chi connectivity index (χ2n) is 4.67. The van der Waals surface area contributed by atoms with Crippen molar-refractivity contribution in [1.82, 2.24) is 10.1 Å². The van der Waals surface area contributed by atoms with E-state index in [0.717, 1.165) is 18.4 Å². The highest BCUT2D eigenvalue weighted by Gasteiger charge is 2.06. The maximum atomic E-state index is 11.0. The first-order valence-corrected chi connectivity index (χ1v) is 6.70. The van der Waals surface area contributed by atoms with Crippen LogP contribution in [0.4, 0.5) is 0 Å². The van der Waals surface area contributed by atoms with Crippen LogP contribution in [-0.4, -0.2) is 15.9 Å². The Balaban J connectivity index is 1.88. The van der Waals surface area contributed by atoms with Gasteiger partial charge in [0.15, 0.2) is 12.4 Å². The fourth-order valence-corrected chi connectivity index (χ4v) is 1.81. The van der Waals surface area contributed by atoms with Crippen LogP contribution in [0.1, 0.15) is 37.5 Å². The summed E-state index contributed by atoms with van der Waals surface area (Å²) < 4.78 is 10.6. The highest BCUT2D eigenvalue weighted by Crippen LogP contribution is 2.14. The number of ketones is 1. The summed E-state index contributed by atoms with van der Waals surface area (Å²) >= 11 is 0. The van der Waals surface area contributed by atoms with E-state index in [2.05, 4.69) is 17.1 Å². The standard InChI is InChI=1S/C15H18N2O3/c1-3-4-14-16-15(20-17-14)10-19-13-7-5-12(6-8-13)9-11(2)18/h5-8H,3-4,9-10H2,1-2H3. The third-order valence-corrected chi connectivity index (χ3v) is 2.72. The van der Waals surface area contributed by atoms with Gasteiger partial charge in [-0.15, -0.1) is 0 Å². The lowest BCUT2D eigenvalue weighted by atomic mass is 10.1. The van der Waals surface area contributed by atoms with Crippen molar-refractivity contribution in [3.63, 3.8) is 0 Å². The Kier molecular flexibility index (Phi) is 4.87. The van der Waals surface area contributed by atoms with E-state index in [1.165, 1.54) is 0 Å². The van der Waals surface area contributed by atoms with E-state index in [1.54, 1.807) is 6.92 Å². The minimum absolute atomic E-state index is 0.146. The number of hydrogen-bond acceptors (Lipinski definition) is 5. The monoisotopic (exact) mass is 274 g/mol. The molecule has 2 rings (SSSR count). The van der Waals surface area contributed by atoms with Crippen LogP contribution in [0.3, 0.4) is 0 Å². The molecule has 0 N–H and O–H groups in total. The van der Waals surface area contributed by atoms with Crippen molar-refractivity contribution in [1.29, 1.82) is 0 Å². The average Bonchev–Trinajstić information content (AvgIpc) is 2.86. The van der Waals surface area contributed by atoms with Crippen LogP contribution in [0, 0.1) is 0 Å². The van der Waals surface area contributed by atoms with Crippen LogP contribution < -0.4 is 4.74 Å². The first-order chi connectivity index (χ1) is 9.67. The molecular weight excluding hydrogens is 256 g/mol. The molecule has 0 unspecified atom stereocenters. The van der Waals surface area contributed by atoms with Crippen molar-refractivity contribution in [2.24, 2.45) is 0 Å². The van der Waals surface area contributed by atoms with Gasteiger partial charge in [0.1, 0.15) is 11.5 Å². The topological polar surface area (TPSA) is 65.2 Å². The molecule has 5 nitrogen and oxygen atoms in total. The third kappa shape index (κ3) is 4.19. The molecule has 2 aromatic rings. The molecule has 0 fully saturated rings. The molecule has 0 spiro atoms. The number of aryl methyl sites for hydroxylation is 1. The number of nitrogens with zero attached hydrogens (tertiary/aromatic N) is 2. The maximum Gasteiger partial charge on any atom is 0.264 e. The lowest BCUT2D eigenvalue weighted by Crippen LogP contribution is -1.98. The molecule has 0 aliphatic heterocycles. The first kappa shape index (κ1) is 14.2. The first-order valence-electron chi connectivity index (χ1n) is 6.70. The van der Waals surface area contributed by atoms with Crippen molar-refractivity contribution in [2.75, 3.05) is 0 Å². The summed E-state index contributed by atoms with van der Waals surface area (Å²) in [6, 6.07) is 7.43. The lowest BCUT2D eigenvalue weighted by Gasteiger charge is -2.04. The van der Waals surface area contributed by atoms with Crippen LogP contribution >= 0.6 is 0 Å². The van der Waals surface area contributed by atoms with Crippen LogP contribution in [0.25, 0.3) is 0 Å². The molecule has 1 aromatic heterocycles. The van der Waals surface area contributed by atoms with Gasteiger partial charge in [-0.3, -0.25) is 4.79 Å². The van der Waals surface area contributed by atoms with Gasteiger partial charge in [-0.05, 0) is 31.0 Å². The molecule has 0 aliphatic carbocycles. The number of rotatable bonds is 7. The SMILES string of the molecule is CCCc1noc(COc2ccc(CC(C)=O)cc2)n1. The molecule has 106 valence electrons. The number of aromatic nitrogens is 2. The molecule has 0 amide bonds. The fourth-order valence-electron chi connectivity index (χ4n) is 1.81. The Morgan fingerprint density at radius 3 is 2.70 bits per heavy atom. The second-order valence-corrected chi connectivity index (χ2v) is 4.67. The van der Waals surface area contributed by atoms with Crippen LogP contribution in [-0.2, 0) is 24.2 Å². The van der Waals surface area contributed by atoms with Crippen molar-refractivity contribution in [3.8, 4) is 5.75 Å². The number of Topliss-reactive ketones (excluding diaryl/α,β-unsaturated/α-hetero) is 1. The number of hydrogen-bond donors (Lipinski definition) is 0. The van der Waals surface area contributed by atoms with Gasteiger partial charge in [0.2, 0.25) is 0 Å². The van der Waals surface area contributed by atoms with Gasteiger partial charge in [-0.25, -0.2) is 0 Å². The smallest absolute Gasteiger partial charge is 0.264 e. The van der Waals surface area contributed by atoms with Crippen molar-refractivity contribution in [2.45, 2.75) is 39.7 Å². The Morgan fingerprint density at radius 1 is 1.30 bits per heavy atom. The van der Waals surface area contributed by atoms with E-state index < -0.39 is 0 Å². The van der Waals surface area contributed by atoms with E-state index in [9.17, 15) is 4.79 Å². The Bertz CT molecular complexity index is 561. The summed E-state index contributed by atoms with van der Waals surface area (Å²) in [6.45, 7) is 3.89. The van der Waals surface area contributed by atoms with Crippen LogP contribution in [0.2, 0.25) is 0 Å². The minimum Gasteiger partial charge on any atom is -0.484 e. The molecule has 0 aliphatic rings. The van der Waals surface area contributed by atoms with E-state index in [1.807, 2.05) is 24.3 Å². The van der Waals surface area contributed by atoms with Gasteiger partial charge < -0.3 is 9.26 Å². The van der Waals surface area contributed by atoms with E-state index in [0.29, 0.717) is 23.9 Å². The third-order valence-electron chi connectivity index (χ3n) is 2.72. The van der Waals surface area contributed by atoms with Gasteiger partial charge in [-0.1, -0.05) is 24.2 Å². The summed E-state index contributed by atoms with van der Waals surface area (Å²) in [5, 5.41) is 3.86. The second kappa shape index (κ2) is 6.84. The Morgan fingerprint density at radius 2 is 2.05 bits per heavy atom. The molecule has 0 bridgehead atoms. The molecule has 0 saturated heterocycles. The van der Waals surface area contributed by atoms with Crippen LogP contribution in [0.15, 0.2) is 28.8 Å². The lowest BCUT2D eigenvalue weighted by molar-refractivity contribution is -0.116. The van der Waals surface area contributed by atoms with Crippen LogP contribution in [0.5, 0.6) is 5.75 Å². The number of ether oxygens (including phenoxy) is 1. The molecule has 0 saturated carbocycles. The van der Waals surface area contributed by atoms with Gasteiger partial charge in [0.25, 0.3) is 5.89 Å². The zero-order valence-corrected chi connectivity index (χ0v) is 11.8. The Hall–Kier alpha value is -2.17. The zero-order chi connectivity index (χ0) is 14.4. The normalized spacial score (nSPS) is 10.5. The predicted molar refractivity (Wildman–Crippen MR) is 73.5 cm³/mol. The molecular formula is C15H18N2O3. The molecule has 1 aromatic carbocycles. The maximum absolute atomic E-state index is 11.0. The van der Waals surface area contributed by atoms with Crippen molar-refractivity contribution >= 4 is 5.78 Å². The van der Waals surface area contributed by atoms with E-state index in [-0.39, 0.29) is 12.4 Å². The van der Waals surface area contributed by atoms with E-state index >= 15 is 0 Å². The minimum atomic E-state index is 0.146. The van der Waals surface area contributed by atoms with E-state index in [4.69, 9.17) is 9.26 Å². The fraction of sp³-hybridized carbons (Fsp3) is 0.400. The summed E-state index contributed by atoms with van der Waals surface area (Å²) in [5.41, 5.74) is 0.980. The highest BCUT2D eigenvalue weighted by molar-refractivity contribution is 5.78.